The van der Waals surface area contributed by atoms with Gasteiger partial charge in [-0.3, -0.25) is 14.3 Å². The molecular weight excluding hydrogens is 392 g/mol. The third-order valence-electron chi connectivity index (χ3n) is 6.51. The molecule has 3 heterocycles. The number of thiophene rings is 1. The van der Waals surface area contributed by atoms with Gasteiger partial charge in [0.2, 0.25) is 5.95 Å². The maximum atomic E-state index is 13.4. The first-order valence-corrected chi connectivity index (χ1v) is 12.0. The summed E-state index contributed by atoms with van der Waals surface area (Å²) in [5.41, 5.74) is 4.14. The highest BCUT2D eigenvalue weighted by atomic mass is 32.1. The van der Waals surface area contributed by atoms with Crippen LogP contribution in [0.3, 0.4) is 0 Å². The number of piperazine rings is 1. The molecule has 0 atom stereocenters. The van der Waals surface area contributed by atoms with Gasteiger partial charge < -0.3 is 4.90 Å². The largest absolute Gasteiger partial charge is 0.340 e. The quantitative estimate of drug-likeness (QED) is 0.638. The summed E-state index contributed by atoms with van der Waals surface area (Å²) in [7, 11) is 0. The van der Waals surface area contributed by atoms with E-state index < -0.39 is 0 Å². The number of aromatic nitrogens is 2. The summed E-state index contributed by atoms with van der Waals surface area (Å²) in [6, 6.07) is 8.77. The first-order chi connectivity index (χ1) is 14.6. The summed E-state index contributed by atoms with van der Waals surface area (Å²) in [4.78, 5) is 25.6. The highest BCUT2D eigenvalue weighted by Gasteiger charge is 2.25. The van der Waals surface area contributed by atoms with Gasteiger partial charge in [0.25, 0.3) is 5.56 Å². The molecule has 5 rings (SSSR count). The van der Waals surface area contributed by atoms with Crippen molar-refractivity contribution in [3.05, 3.63) is 56.2 Å². The van der Waals surface area contributed by atoms with Gasteiger partial charge in [-0.05, 0) is 50.7 Å². The molecule has 158 valence electrons. The average molecular weight is 423 g/mol. The summed E-state index contributed by atoms with van der Waals surface area (Å²) in [5.74, 6) is 0.865. The summed E-state index contributed by atoms with van der Waals surface area (Å²) < 4.78 is 1.90. The molecule has 1 fully saturated rings. The number of hydrogen-bond donors (Lipinski definition) is 0. The van der Waals surface area contributed by atoms with Gasteiger partial charge in [0.05, 0.1) is 5.39 Å². The Bertz CT molecular complexity index is 1120. The minimum Gasteiger partial charge on any atom is -0.340 e. The normalized spacial score (nSPS) is 17.5. The molecule has 0 saturated carbocycles. The minimum absolute atomic E-state index is 0.166. The number of aryl methyl sites for hydroxylation is 3. The van der Waals surface area contributed by atoms with Gasteiger partial charge in [-0.1, -0.05) is 29.8 Å². The number of nitrogens with zero attached hydrogens (tertiary/aromatic N) is 4. The molecule has 6 heteroatoms. The lowest BCUT2D eigenvalue weighted by atomic mass is 9.97. The van der Waals surface area contributed by atoms with Gasteiger partial charge in [-0.15, -0.1) is 11.3 Å². The maximum Gasteiger partial charge on any atom is 0.263 e. The standard InChI is InChI=1S/C24H30N4OS/c1-3-28-23(29)21-19-9-4-5-10-20(19)30-22(21)25-24(28)27-13-11-26(12-14-27)16-18-8-6-7-17(2)15-18/h6-8,15H,3-5,9-14,16H2,1-2H3. The smallest absolute Gasteiger partial charge is 0.263 e. The topological polar surface area (TPSA) is 41.4 Å². The Morgan fingerprint density at radius 3 is 2.67 bits per heavy atom. The molecule has 0 N–H and O–H groups in total. The first kappa shape index (κ1) is 19.8. The Morgan fingerprint density at radius 1 is 1.10 bits per heavy atom. The van der Waals surface area contributed by atoms with Crippen molar-refractivity contribution in [2.45, 2.75) is 52.6 Å². The van der Waals surface area contributed by atoms with Gasteiger partial charge >= 0.3 is 0 Å². The third kappa shape index (κ3) is 3.56. The molecule has 0 unspecified atom stereocenters. The van der Waals surface area contributed by atoms with Gasteiger partial charge in [0.15, 0.2) is 0 Å². The molecule has 0 amide bonds. The zero-order valence-corrected chi connectivity index (χ0v) is 18.8. The fourth-order valence-electron chi connectivity index (χ4n) is 4.93. The average Bonchev–Trinajstić information content (AvgIpc) is 3.13. The van der Waals surface area contributed by atoms with E-state index in [1.807, 2.05) is 4.57 Å². The lowest BCUT2D eigenvalue weighted by Gasteiger charge is -2.36. The fourth-order valence-corrected chi connectivity index (χ4v) is 6.18. The Labute approximate surface area is 182 Å². The molecule has 2 aromatic heterocycles. The number of anilines is 1. The molecule has 0 radical (unpaired) electrons. The molecular formula is C24H30N4OS. The molecule has 1 aliphatic carbocycles. The summed E-state index contributed by atoms with van der Waals surface area (Å²) in [6.45, 7) is 9.68. The third-order valence-corrected chi connectivity index (χ3v) is 7.70. The molecule has 2 aliphatic rings. The van der Waals surface area contributed by atoms with Crippen LogP contribution in [0.1, 0.15) is 41.3 Å². The van der Waals surface area contributed by atoms with Crippen molar-refractivity contribution in [2.24, 2.45) is 0 Å². The van der Waals surface area contributed by atoms with Gasteiger partial charge in [-0.25, -0.2) is 4.98 Å². The van der Waals surface area contributed by atoms with E-state index in [0.29, 0.717) is 6.54 Å². The second-order valence-corrected chi connectivity index (χ2v) is 9.69. The summed E-state index contributed by atoms with van der Waals surface area (Å²) >= 11 is 1.75. The predicted octanol–water partition coefficient (Wildman–Crippen LogP) is 3.99. The van der Waals surface area contributed by atoms with Crippen LogP contribution in [-0.4, -0.2) is 40.6 Å². The summed E-state index contributed by atoms with van der Waals surface area (Å²) in [6.07, 6.45) is 4.56. The number of benzene rings is 1. The second kappa shape index (κ2) is 8.16. The zero-order chi connectivity index (χ0) is 20.7. The van der Waals surface area contributed by atoms with Gasteiger partial charge in [0, 0.05) is 44.1 Å². The van der Waals surface area contributed by atoms with Crippen LogP contribution in [0.4, 0.5) is 5.95 Å². The van der Waals surface area contributed by atoms with Gasteiger partial charge in [-0.2, -0.15) is 0 Å². The lowest BCUT2D eigenvalue weighted by Crippen LogP contribution is -2.48. The molecule has 30 heavy (non-hydrogen) atoms. The van der Waals surface area contributed by atoms with E-state index in [9.17, 15) is 4.79 Å². The molecule has 1 aliphatic heterocycles. The van der Waals surface area contributed by atoms with Crippen LogP contribution in [0.2, 0.25) is 0 Å². The van der Waals surface area contributed by atoms with Crippen molar-refractivity contribution in [1.29, 1.82) is 0 Å². The van der Waals surface area contributed by atoms with Crippen LogP contribution in [0.25, 0.3) is 10.2 Å². The van der Waals surface area contributed by atoms with Gasteiger partial charge in [0.1, 0.15) is 4.83 Å². The number of hydrogen-bond acceptors (Lipinski definition) is 5. The Kier molecular flexibility index (Phi) is 5.37. The van der Waals surface area contributed by atoms with Crippen LogP contribution in [-0.2, 0) is 25.9 Å². The molecule has 1 aromatic carbocycles. The zero-order valence-electron chi connectivity index (χ0n) is 18.0. The second-order valence-electron chi connectivity index (χ2n) is 8.60. The van der Waals surface area contributed by atoms with E-state index in [2.05, 4.69) is 47.9 Å². The molecule has 3 aromatic rings. The van der Waals surface area contributed by atoms with Crippen LogP contribution in [0.5, 0.6) is 0 Å². The van der Waals surface area contributed by atoms with E-state index in [1.54, 1.807) is 11.3 Å². The van der Waals surface area contributed by atoms with Crippen LogP contribution in [0, 0.1) is 6.92 Å². The first-order valence-electron chi connectivity index (χ1n) is 11.2. The van der Waals surface area contributed by atoms with Crippen LogP contribution in [0.15, 0.2) is 29.1 Å². The molecule has 5 nitrogen and oxygen atoms in total. The van der Waals surface area contributed by atoms with Crippen molar-refractivity contribution in [1.82, 2.24) is 14.5 Å². The Morgan fingerprint density at radius 2 is 1.90 bits per heavy atom. The minimum atomic E-state index is 0.166. The molecule has 0 spiro atoms. The SMILES string of the molecule is CCn1c(N2CCN(Cc3cccc(C)c3)CC2)nc2sc3c(c2c1=O)CCCC3. The number of fused-ring (bicyclic) bond motifs is 3. The Hall–Kier alpha value is -2.18. The van der Waals surface area contributed by atoms with Crippen molar-refractivity contribution in [2.75, 3.05) is 31.1 Å². The van der Waals surface area contributed by atoms with E-state index in [-0.39, 0.29) is 5.56 Å². The van der Waals surface area contributed by atoms with Crippen molar-refractivity contribution in [3.63, 3.8) is 0 Å². The lowest BCUT2D eigenvalue weighted by molar-refractivity contribution is 0.248. The fraction of sp³-hybridized carbons (Fsp3) is 0.500. The van der Waals surface area contributed by atoms with Crippen LogP contribution < -0.4 is 10.5 Å². The van der Waals surface area contributed by atoms with Crippen LogP contribution >= 0.6 is 11.3 Å². The van der Waals surface area contributed by atoms with Crippen molar-refractivity contribution < 1.29 is 0 Å². The van der Waals surface area contributed by atoms with E-state index in [4.69, 9.17) is 4.98 Å². The van der Waals surface area contributed by atoms with E-state index in [1.165, 1.54) is 34.4 Å². The number of rotatable bonds is 4. The Balaban J connectivity index is 1.39. The highest BCUT2D eigenvalue weighted by Crippen LogP contribution is 2.34. The predicted molar refractivity (Wildman–Crippen MR) is 125 cm³/mol. The molecule has 0 bridgehead atoms. The highest BCUT2D eigenvalue weighted by molar-refractivity contribution is 7.18. The van der Waals surface area contributed by atoms with Crippen molar-refractivity contribution in [3.8, 4) is 0 Å². The van der Waals surface area contributed by atoms with E-state index in [0.717, 1.165) is 61.7 Å². The monoisotopic (exact) mass is 422 g/mol. The van der Waals surface area contributed by atoms with E-state index >= 15 is 0 Å². The molecule has 1 saturated heterocycles. The van der Waals surface area contributed by atoms with Crippen molar-refractivity contribution >= 4 is 27.5 Å². The maximum absolute atomic E-state index is 13.4. The summed E-state index contributed by atoms with van der Waals surface area (Å²) in [5, 5.41) is 0.901.